The van der Waals surface area contributed by atoms with Crippen molar-refractivity contribution in [3.05, 3.63) is 59.4 Å². The van der Waals surface area contributed by atoms with E-state index in [1.54, 1.807) is 19.3 Å². The van der Waals surface area contributed by atoms with Crippen LogP contribution in [0.4, 0.5) is 5.69 Å². The summed E-state index contributed by atoms with van der Waals surface area (Å²) in [5.74, 6) is -0.248. The van der Waals surface area contributed by atoms with Crippen molar-refractivity contribution in [1.29, 1.82) is 0 Å². The molecule has 0 spiro atoms. The summed E-state index contributed by atoms with van der Waals surface area (Å²) in [7, 11) is 1.62. The monoisotopic (exact) mass is 297 g/mol. The van der Waals surface area contributed by atoms with Crippen LogP contribution < -0.4 is 10.6 Å². The van der Waals surface area contributed by atoms with Crippen molar-refractivity contribution < 1.29 is 9.59 Å². The number of rotatable bonds is 5. The third-order valence-electron chi connectivity index (χ3n) is 3.25. The molecule has 1 heterocycles. The van der Waals surface area contributed by atoms with E-state index in [-0.39, 0.29) is 11.8 Å². The molecule has 22 heavy (non-hydrogen) atoms. The van der Waals surface area contributed by atoms with Crippen LogP contribution >= 0.6 is 0 Å². The predicted molar refractivity (Wildman–Crippen MR) is 85.8 cm³/mol. The van der Waals surface area contributed by atoms with Crippen LogP contribution in [0.5, 0.6) is 0 Å². The third kappa shape index (κ3) is 4.41. The molecule has 0 radical (unpaired) electrons. The normalized spacial score (nSPS) is 10.1. The van der Waals surface area contributed by atoms with Gasteiger partial charge in [-0.15, -0.1) is 0 Å². The number of nitrogens with zero attached hydrogens (tertiary/aromatic N) is 1. The molecular weight excluding hydrogens is 278 g/mol. The number of aromatic nitrogens is 1. The average molecular weight is 297 g/mol. The molecule has 0 aliphatic carbocycles. The zero-order chi connectivity index (χ0) is 15.9. The molecule has 0 fully saturated rings. The molecular formula is C17H19N3O2. The van der Waals surface area contributed by atoms with Gasteiger partial charge in [0.15, 0.2) is 0 Å². The van der Waals surface area contributed by atoms with Gasteiger partial charge in [-0.3, -0.25) is 14.6 Å². The molecule has 2 aromatic rings. The van der Waals surface area contributed by atoms with Crippen LogP contribution in [-0.2, 0) is 11.2 Å². The number of nitrogens with one attached hydrogen (secondary N) is 2. The van der Waals surface area contributed by atoms with Crippen molar-refractivity contribution >= 4 is 17.5 Å². The fourth-order valence-corrected chi connectivity index (χ4v) is 1.98. The Kier molecular flexibility index (Phi) is 5.25. The zero-order valence-electron chi connectivity index (χ0n) is 12.7. The first-order chi connectivity index (χ1) is 10.6. The van der Waals surface area contributed by atoms with Crippen molar-refractivity contribution in [3.63, 3.8) is 0 Å². The van der Waals surface area contributed by atoms with Crippen molar-refractivity contribution in [2.24, 2.45) is 0 Å². The van der Waals surface area contributed by atoms with Crippen molar-refractivity contribution in [1.82, 2.24) is 10.3 Å². The standard InChI is InChI=1S/C17H19N3O2/c1-12-6-8-15(19-11-12)17(22)20-14-5-3-4-13(10-14)7-9-16(21)18-2/h3-6,8,10-11H,7,9H2,1-2H3,(H,18,21)(H,20,22). The maximum Gasteiger partial charge on any atom is 0.274 e. The Labute approximate surface area is 129 Å². The number of benzene rings is 1. The van der Waals surface area contributed by atoms with Crippen molar-refractivity contribution in [2.75, 3.05) is 12.4 Å². The van der Waals surface area contributed by atoms with Gasteiger partial charge in [-0.1, -0.05) is 18.2 Å². The van der Waals surface area contributed by atoms with E-state index < -0.39 is 0 Å². The molecule has 5 nitrogen and oxygen atoms in total. The van der Waals surface area contributed by atoms with Crippen LogP contribution in [0.1, 0.15) is 28.0 Å². The number of anilines is 1. The lowest BCUT2D eigenvalue weighted by atomic mass is 10.1. The van der Waals surface area contributed by atoms with E-state index in [1.807, 2.05) is 37.3 Å². The van der Waals surface area contributed by atoms with Crippen LogP contribution in [0.25, 0.3) is 0 Å². The largest absolute Gasteiger partial charge is 0.359 e. The number of carbonyl (C=O) groups is 2. The fourth-order valence-electron chi connectivity index (χ4n) is 1.98. The quantitative estimate of drug-likeness (QED) is 0.889. The minimum Gasteiger partial charge on any atom is -0.359 e. The second kappa shape index (κ2) is 7.36. The molecule has 2 rings (SSSR count). The van der Waals surface area contributed by atoms with E-state index in [0.717, 1.165) is 11.1 Å². The summed E-state index contributed by atoms with van der Waals surface area (Å²) in [5.41, 5.74) is 3.08. The molecule has 0 saturated heterocycles. The van der Waals surface area contributed by atoms with E-state index in [9.17, 15) is 9.59 Å². The molecule has 0 aliphatic heterocycles. The predicted octanol–water partition coefficient (Wildman–Crippen LogP) is 2.32. The Morgan fingerprint density at radius 1 is 1.18 bits per heavy atom. The smallest absolute Gasteiger partial charge is 0.274 e. The van der Waals surface area contributed by atoms with Crippen molar-refractivity contribution in [2.45, 2.75) is 19.8 Å². The van der Waals surface area contributed by atoms with E-state index in [4.69, 9.17) is 0 Å². The maximum absolute atomic E-state index is 12.1. The first kappa shape index (κ1) is 15.7. The Balaban J connectivity index is 2.02. The maximum atomic E-state index is 12.1. The molecule has 5 heteroatoms. The first-order valence-corrected chi connectivity index (χ1v) is 7.12. The van der Waals surface area contributed by atoms with Gasteiger partial charge in [-0.05, 0) is 42.7 Å². The third-order valence-corrected chi connectivity index (χ3v) is 3.25. The Hall–Kier alpha value is -2.69. The van der Waals surface area contributed by atoms with Gasteiger partial charge in [0.1, 0.15) is 5.69 Å². The molecule has 1 aromatic heterocycles. The number of amides is 2. The topological polar surface area (TPSA) is 71.1 Å². The highest BCUT2D eigenvalue weighted by atomic mass is 16.2. The highest BCUT2D eigenvalue weighted by Gasteiger charge is 2.08. The zero-order valence-corrected chi connectivity index (χ0v) is 12.7. The van der Waals surface area contributed by atoms with Gasteiger partial charge in [-0.25, -0.2) is 0 Å². The Morgan fingerprint density at radius 2 is 2.00 bits per heavy atom. The van der Waals surface area contributed by atoms with Crippen LogP contribution in [0.15, 0.2) is 42.6 Å². The molecule has 0 bridgehead atoms. The van der Waals surface area contributed by atoms with Gasteiger partial charge < -0.3 is 10.6 Å². The second-order valence-electron chi connectivity index (χ2n) is 5.05. The first-order valence-electron chi connectivity index (χ1n) is 7.12. The lowest BCUT2D eigenvalue weighted by molar-refractivity contribution is -0.120. The van der Waals surface area contributed by atoms with E-state index >= 15 is 0 Å². The number of aryl methyl sites for hydroxylation is 2. The highest BCUT2D eigenvalue weighted by Crippen LogP contribution is 2.13. The van der Waals surface area contributed by atoms with E-state index in [2.05, 4.69) is 15.6 Å². The van der Waals surface area contributed by atoms with Gasteiger partial charge in [0.25, 0.3) is 5.91 Å². The summed E-state index contributed by atoms with van der Waals surface area (Å²) < 4.78 is 0. The highest BCUT2D eigenvalue weighted by molar-refractivity contribution is 6.02. The summed E-state index contributed by atoms with van der Waals surface area (Å²) >= 11 is 0. The molecule has 0 atom stereocenters. The SMILES string of the molecule is CNC(=O)CCc1cccc(NC(=O)c2ccc(C)cn2)c1. The molecule has 0 unspecified atom stereocenters. The lowest BCUT2D eigenvalue weighted by Crippen LogP contribution is -2.18. The summed E-state index contributed by atoms with van der Waals surface area (Å²) in [6.45, 7) is 1.92. The second-order valence-corrected chi connectivity index (χ2v) is 5.05. The molecule has 2 N–H and O–H groups in total. The molecule has 0 aliphatic rings. The van der Waals surface area contributed by atoms with E-state index in [1.165, 1.54) is 0 Å². The molecule has 114 valence electrons. The van der Waals surface area contributed by atoms with Gasteiger partial charge in [0, 0.05) is 25.4 Å². The molecule has 2 amide bonds. The summed E-state index contributed by atoms with van der Waals surface area (Å²) in [5, 5.41) is 5.41. The lowest BCUT2D eigenvalue weighted by Gasteiger charge is -2.07. The minimum atomic E-state index is -0.247. The molecule has 0 saturated carbocycles. The van der Waals surface area contributed by atoms with Gasteiger partial charge >= 0.3 is 0 Å². The molecule has 1 aromatic carbocycles. The summed E-state index contributed by atoms with van der Waals surface area (Å²) in [4.78, 5) is 27.5. The van der Waals surface area contributed by atoms with Crippen LogP contribution in [-0.4, -0.2) is 23.8 Å². The van der Waals surface area contributed by atoms with Crippen LogP contribution in [0, 0.1) is 6.92 Å². The Morgan fingerprint density at radius 3 is 2.68 bits per heavy atom. The number of carbonyl (C=O) groups excluding carboxylic acids is 2. The van der Waals surface area contributed by atoms with Gasteiger partial charge in [-0.2, -0.15) is 0 Å². The average Bonchev–Trinajstić information content (AvgIpc) is 2.53. The Bertz CT molecular complexity index is 666. The van der Waals surface area contributed by atoms with Crippen molar-refractivity contribution in [3.8, 4) is 0 Å². The number of hydrogen-bond acceptors (Lipinski definition) is 3. The van der Waals surface area contributed by atoms with E-state index in [0.29, 0.717) is 24.2 Å². The minimum absolute atomic E-state index is 0.00158. The summed E-state index contributed by atoms with van der Waals surface area (Å²) in [6, 6.07) is 11.0. The van der Waals surface area contributed by atoms with Gasteiger partial charge in [0.2, 0.25) is 5.91 Å². The number of pyridine rings is 1. The van der Waals surface area contributed by atoms with Crippen LogP contribution in [0.2, 0.25) is 0 Å². The fraction of sp³-hybridized carbons (Fsp3) is 0.235. The van der Waals surface area contributed by atoms with Gasteiger partial charge in [0.05, 0.1) is 0 Å². The summed E-state index contributed by atoms with van der Waals surface area (Å²) in [6.07, 6.45) is 2.72. The number of hydrogen-bond donors (Lipinski definition) is 2. The van der Waals surface area contributed by atoms with Crippen LogP contribution in [0.3, 0.4) is 0 Å².